The zero-order valence-electron chi connectivity index (χ0n) is 18.4. The van der Waals surface area contributed by atoms with Crippen LogP contribution in [0.4, 0.5) is 5.69 Å². The Hall–Kier alpha value is -2.93. The van der Waals surface area contributed by atoms with Crippen LogP contribution in [0.2, 0.25) is 0 Å². The average Bonchev–Trinajstić information content (AvgIpc) is 2.71. The van der Waals surface area contributed by atoms with E-state index >= 15 is 0 Å². The summed E-state index contributed by atoms with van der Waals surface area (Å²) in [6.45, 7) is 8.60. The van der Waals surface area contributed by atoms with Crippen molar-refractivity contribution in [2.24, 2.45) is 5.41 Å². The SMILES string of the molecule is CC(=O)c1ccc(NC(=O)[C@H](C)Sc2ccccc2C(=O)NCC(=O)C(C)(C)C)cc1. The number of anilines is 1. The number of ketones is 2. The average molecular weight is 441 g/mol. The van der Waals surface area contributed by atoms with Gasteiger partial charge in [0.15, 0.2) is 11.6 Å². The summed E-state index contributed by atoms with van der Waals surface area (Å²) in [6.07, 6.45) is 0. The highest BCUT2D eigenvalue weighted by molar-refractivity contribution is 8.00. The van der Waals surface area contributed by atoms with Crippen LogP contribution in [0.25, 0.3) is 0 Å². The van der Waals surface area contributed by atoms with Crippen molar-refractivity contribution >= 4 is 40.8 Å². The topological polar surface area (TPSA) is 92.3 Å². The van der Waals surface area contributed by atoms with Crippen LogP contribution in [0.1, 0.15) is 55.3 Å². The van der Waals surface area contributed by atoms with Gasteiger partial charge < -0.3 is 10.6 Å². The first-order valence-electron chi connectivity index (χ1n) is 9.98. The quantitative estimate of drug-likeness (QED) is 0.470. The smallest absolute Gasteiger partial charge is 0.252 e. The van der Waals surface area contributed by atoms with E-state index in [9.17, 15) is 19.2 Å². The van der Waals surface area contributed by atoms with Gasteiger partial charge in [0.2, 0.25) is 5.91 Å². The Morgan fingerprint density at radius 1 is 0.968 bits per heavy atom. The molecule has 0 saturated heterocycles. The predicted octanol–water partition coefficient (Wildman–Crippen LogP) is 4.35. The van der Waals surface area contributed by atoms with Crippen LogP contribution >= 0.6 is 11.8 Å². The Morgan fingerprint density at radius 3 is 2.16 bits per heavy atom. The molecule has 1 atom stereocenters. The monoisotopic (exact) mass is 440 g/mol. The molecule has 2 rings (SSSR count). The zero-order valence-corrected chi connectivity index (χ0v) is 19.3. The molecule has 0 fully saturated rings. The third-order valence-corrected chi connectivity index (χ3v) is 5.79. The van der Waals surface area contributed by atoms with Crippen LogP contribution in [-0.4, -0.2) is 35.2 Å². The largest absolute Gasteiger partial charge is 0.345 e. The summed E-state index contributed by atoms with van der Waals surface area (Å²) in [5, 5.41) is 5.02. The van der Waals surface area contributed by atoms with E-state index in [0.717, 1.165) is 0 Å². The summed E-state index contributed by atoms with van der Waals surface area (Å²) in [5.41, 5.74) is 1.05. The van der Waals surface area contributed by atoms with Crippen molar-refractivity contribution in [3.8, 4) is 0 Å². The molecule has 0 unspecified atom stereocenters. The fourth-order valence-corrected chi connectivity index (χ4v) is 3.55. The molecule has 0 aromatic heterocycles. The number of carbonyl (C=O) groups is 4. The van der Waals surface area contributed by atoms with Crippen molar-refractivity contribution in [1.82, 2.24) is 5.32 Å². The second-order valence-corrected chi connectivity index (χ2v) is 9.62. The number of nitrogens with one attached hydrogen (secondary N) is 2. The van der Waals surface area contributed by atoms with Crippen LogP contribution < -0.4 is 10.6 Å². The lowest BCUT2D eigenvalue weighted by molar-refractivity contribution is -0.125. The molecule has 0 heterocycles. The van der Waals surface area contributed by atoms with Gasteiger partial charge in [0.05, 0.1) is 17.4 Å². The number of benzene rings is 2. The molecular formula is C24H28N2O4S. The van der Waals surface area contributed by atoms with E-state index in [0.29, 0.717) is 21.7 Å². The molecule has 2 N–H and O–H groups in total. The lowest BCUT2D eigenvalue weighted by Gasteiger charge is -2.18. The van der Waals surface area contributed by atoms with Crippen molar-refractivity contribution in [2.75, 3.05) is 11.9 Å². The Bertz CT molecular complexity index is 978. The van der Waals surface area contributed by atoms with E-state index in [1.807, 2.05) is 0 Å². The highest BCUT2D eigenvalue weighted by Crippen LogP contribution is 2.28. The third kappa shape index (κ3) is 7.07. The van der Waals surface area contributed by atoms with E-state index in [1.54, 1.807) is 76.2 Å². The third-order valence-electron chi connectivity index (χ3n) is 4.61. The lowest BCUT2D eigenvalue weighted by Crippen LogP contribution is -2.35. The molecule has 0 bridgehead atoms. The number of carbonyl (C=O) groups excluding carboxylic acids is 4. The van der Waals surface area contributed by atoms with Crippen LogP contribution in [0, 0.1) is 5.41 Å². The Morgan fingerprint density at radius 2 is 1.58 bits per heavy atom. The summed E-state index contributed by atoms with van der Waals surface area (Å²) in [5.74, 6) is -0.678. The molecule has 7 heteroatoms. The molecule has 0 aliphatic rings. The van der Waals surface area contributed by atoms with Gasteiger partial charge in [-0.15, -0.1) is 11.8 Å². The molecule has 164 valence electrons. The van der Waals surface area contributed by atoms with Crippen molar-refractivity contribution in [3.63, 3.8) is 0 Å². The molecular weight excluding hydrogens is 412 g/mol. The summed E-state index contributed by atoms with van der Waals surface area (Å²) in [7, 11) is 0. The minimum atomic E-state index is -0.531. The van der Waals surface area contributed by atoms with E-state index < -0.39 is 10.7 Å². The summed E-state index contributed by atoms with van der Waals surface area (Å²) >= 11 is 1.26. The fourth-order valence-electron chi connectivity index (χ4n) is 2.55. The number of Topliss-reactive ketones (excluding diaryl/α,β-unsaturated/α-hetero) is 2. The van der Waals surface area contributed by atoms with Gasteiger partial charge in [-0.1, -0.05) is 32.9 Å². The molecule has 0 aliphatic carbocycles. The number of hydrogen-bond acceptors (Lipinski definition) is 5. The van der Waals surface area contributed by atoms with Crippen molar-refractivity contribution in [1.29, 1.82) is 0 Å². The molecule has 2 amide bonds. The zero-order chi connectivity index (χ0) is 23.2. The van der Waals surface area contributed by atoms with Gasteiger partial charge in [-0.2, -0.15) is 0 Å². The Labute approximate surface area is 187 Å². The van der Waals surface area contributed by atoms with Gasteiger partial charge in [-0.25, -0.2) is 0 Å². The maximum atomic E-state index is 12.6. The Balaban J connectivity index is 2.03. The van der Waals surface area contributed by atoms with Crippen LogP contribution in [0.15, 0.2) is 53.4 Å². The molecule has 0 radical (unpaired) electrons. The number of rotatable bonds is 8. The minimum absolute atomic E-state index is 0.0408. The van der Waals surface area contributed by atoms with Gasteiger partial charge >= 0.3 is 0 Å². The van der Waals surface area contributed by atoms with Gasteiger partial charge in [0, 0.05) is 21.6 Å². The van der Waals surface area contributed by atoms with Crippen LogP contribution in [0.5, 0.6) is 0 Å². The standard InChI is InChI=1S/C24H28N2O4S/c1-15(27)17-10-12-18(13-11-17)26-22(29)16(2)31-20-9-7-6-8-19(20)23(30)25-14-21(28)24(3,4)5/h6-13,16H,14H2,1-5H3,(H,25,30)(H,26,29)/t16-/m0/s1. The Kier molecular flexibility index (Phi) is 8.16. The molecule has 31 heavy (non-hydrogen) atoms. The molecule has 0 aliphatic heterocycles. The van der Waals surface area contributed by atoms with Crippen molar-refractivity contribution in [3.05, 3.63) is 59.7 Å². The number of hydrogen-bond donors (Lipinski definition) is 2. The van der Waals surface area contributed by atoms with Crippen molar-refractivity contribution < 1.29 is 19.2 Å². The van der Waals surface area contributed by atoms with E-state index in [2.05, 4.69) is 10.6 Å². The highest BCUT2D eigenvalue weighted by atomic mass is 32.2. The van der Waals surface area contributed by atoms with Crippen LogP contribution in [0.3, 0.4) is 0 Å². The highest BCUT2D eigenvalue weighted by Gasteiger charge is 2.23. The summed E-state index contributed by atoms with van der Waals surface area (Å²) < 4.78 is 0. The van der Waals surface area contributed by atoms with E-state index in [4.69, 9.17) is 0 Å². The van der Waals surface area contributed by atoms with Gasteiger partial charge in [-0.3, -0.25) is 19.2 Å². The molecule has 0 saturated carbocycles. The molecule has 6 nitrogen and oxygen atoms in total. The second kappa shape index (κ2) is 10.4. The summed E-state index contributed by atoms with van der Waals surface area (Å²) in [6, 6.07) is 13.7. The van der Waals surface area contributed by atoms with Gasteiger partial charge in [-0.05, 0) is 50.2 Å². The second-order valence-electron chi connectivity index (χ2n) is 8.23. The van der Waals surface area contributed by atoms with E-state index in [1.165, 1.54) is 18.7 Å². The van der Waals surface area contributed by atoms with Crippen molar-refractivity contribution in [2.45, 2.75) is 44.8 Å². The maximum absolute atomic E-state index is 12.6. The lowest BCUT2D eigenvalue weighted by atomic mass is 9.91. The van der Waals surface area contributed by atoms with Gasteiger partial charge in [0.1, 0.15) is 0 Å². The van der Waals surface area contributed by atoms with Gasteiger partial charge in [0.25, 0.3) is 5.91 Å². The molecule has 2 aromatic carbocycles. The maximum Gasteiger partial charge on any atom is 0.252 e. The first kappa shape index (κ1) is 24.3. The van der Waals surface area contributed by atoms with E-state index in [-0.39, 0.29) is 29.9 Å². The predicted molar refractivity (Wildman–Crippen MR) is 124 cm³/mol. The first-order chi connectivity index (χ1) is 14.5. The fraction of sp³-hybridized carbons (Fsp3) is 0.333. The number of thioether (sulfide) groups is 1. The first-order valence-corrected chi connectivity index (χ1v) is 10.9. The van der Waals surface area contributed by atoms with Crippen LogP contribution in [-0.2, 0) is 9.59 Å². The molecule has 0 spiro atoms. The minimum Gasteiger partial charge on any atom is -0.345 e. The normalized spacial score (nSPS) is 12.0. The number of amides is 2. The molecule has 2 aromatic rings. The summed E-state index contributed by atoms with van der Waals surface area (Å²) in [4.78, 5) is 49.3.